The van der Waals surface area contributed by atoms with E-state index in [0.717, 1.165) is 5.56 Å². The Morgan fingerprint density at radius 1 is 1.14 bits per heavy atom. The van der Waals surface area contributed by atoms with Gasteiger partial charge in [0.2, 0.25) is 21.9 Å². The molecule has 0 saturated heterocycles. The van der Waals surface area contributed by atoms with E-state index in [9.17, 15) is 26.4 Å². The van der Waals surface area contributed by atoms with Gasteiger partial charge >= 0.3 is 6.18 Å². The SMILES string of the molecule is C.CCS(=O)(=O)Nc1ncccc1CNc1nc(Nc2ccc3c(c2)CC(=O)N3)ncc1C(F)(F)F. The molecule has 0 aliphatic carbocycles. The third-order valence-electron chi connectivity index (χ3n) is 5.05. The summed E-state index contributed by atoms with van der Waals surface area (Å²) >= 11 is 0. The molecule has 3 aromatic rings. The van der Waals surface area contributed by atoms with Gasteiger partial charge in [0.1, 0.15) is 17.2 Å². The zero-order valence-corrected chi connectivity index (χ0v) is 19.1. The van der Waals surface area contributed by atoms with Crippen LogP contribution in [-0.4, -0.2) is 35.0 Å². The van der Waals surface area contributed by atoms with Crippen LogP contribution in [0.1, 0.15) is 31.0 Å². The van der Waals surface area contributed by atoms with E-state index in [-0.39, 0.29) is 43.8 Å². The molecular weight excluding hydrogens is 499 g/mol. The molecular formula is C22H24F3N7O3S. The van der Waals surface area contributed by atoms with Gasteiger partial charge in [-0.3, -0.25) is 9.52 Å². The fraction of sp³-hybridized carbons (Fsp3) is 0.273. The van der Waals surface area contributed by atoms with Gasteiger partial charge in [-0.25, -0.2) is 18.4 Å². The lowest BCUT2D eigenvalue weighted by atomic mass is 10.1. The molecule has 14 heteroatoms. The number of aromatic nitrogens is 3. The summed E-state index contributed by atoms with van der Waals surface area (Å²) in [6.07, 6.45) is -2.52. The quantitative estimate of drug-likeness (QED) is 0.346. The number of carbonyl (C=O) groups is 1. The molecule has 1 aliphatic heterocycles. The molecule has 3 heterocycles. The van der Waals surface area contributed by atoms with Crippen molar-refractivity contribution >= 4 is 44.9 Å². The second kappa shape index (κ2) is 10.4. The van der Waals surface area contributed by atoms with Crippen LogP contribution in [-0.2, 0) is 34.0 Å². The number of benzene rings is 1. The van der Waals surface area contributed by atoms with Gasteiger partial charge in [0.05, 0.1) is 12.2 Å². The number of hydrogen-bond donors (Lipinski definition) is 4. The molecule has 0 saturated carbocycles. The van der Waals surface area contributed by atoms with Crippen LogP contribution in [0, 0.1) is 0 Å². The molecule has 192 valence electrons. The van der Waals surface area contributed by atoms with Gasteiger partial charge in [-0.05, 0) is 36.8 Å². The van der Waals surface area contributed by atoms with Crippen LogP contribution < -0.4 is 20.7 Å². The maximum Gasteiger partial charge on any atom is 0.421 e. The Bertz CT molecular complexity index is 1380. The van der Waals surface area contributed by atoms with Crippen molar-refractivity contribution in [3.05, 3.63) is 59.4 Å². The zero-order chi connectivity index (χ0) is 25.2. The molecule has 4 rings (SSSR count). The van der Waals surface area contributed by atoms with Gasteiger partial charge in [0.15, 0.2) is 0 Å². The zero-order valence-electron chi connectivity index (χ0n) is 18.3. The number of nitrogens with one attached hydrogen (secondary N) is 4. The van der Waals surface area contributed by atoms with Crippen LogP contribution in [0.25, 0.3) is 0 Å². The van der Waals surface area contributed by atoms with Crippen molar-refractivity contribution < 1.29 is 26.4 Å². The molecule has 4 N–H and O–H groups in total. The van der Waals surface area contributed by atoms with Crippen molar-refractivity contribution in [3.63, 3.8) is 0 Å². The summed E-state index contributed by atoms with van der Waals surface area (Å²) in [5, 5.41) is 8.15. The Morgan fingerprint density at radius 3 is 2.64 bits per heavy atom. The third kappa shape index (κ3) is 6.19. The molecule has 0 radical (unpaired) electrons. The van der Waals surface area contributed by atoms with Crippen LogP contribution in [0.3, 0.4) is 0 Å². The predicted octanol–water partition coefficient (Wildman–Crippen LogP) is 4.14. The van der Waals surface area contributed by atoms with E-state index in [4.69, 9.17) is 0 Å². The lowest BCUT2D eigenvalue weighted by Crippen LogP contribution is -2.18. The number of sulfonamides is 1. The number of halogens is 3. The summed E-state index contributed by atoms with van der Waals surface area (Å²) in [7, 11) is -3.64. The molecule has 1 aliphatic rings. The van der Waals surface area contributed by atoms with E-state index in [1.54, 1.807) is 18.2 Å². The second-order valence-corrected chi connectivity index (χ2v) is 9.56. The maximum atomic E-state index is 13.6. The molecule has 0 spiro atoms. The number of nitrogens with zero attached hydrogens (tertiary/aromatic N) is 3. The Kier molecular flexibility index (Phi) is 7.67. The predicted molar refractivity (Wildman–Crippen MR) is 130 cm³/mol. The highest BCUT2D eigenvalue weighted by Gasteiger charge is 2.35. The molecule has 0 atom stereocenters. The first-order chi connectivity index (χ1) is 16.5. The number of fused-ring (bicyclic) bond motifs is 1. The smallest absolute Gasteiger partial charge is 0.365 e. The number of carbonyl (C=O) groups excluding carboxylic acids is 1. The molecule has 0 bridgehead atoms. The largest absolute Gasteiger partial charge is 0.421 e. The molecule has 1 aromatic carbocycles. The topological polar surface area (TPSA) is 138 Å². The van der Waals surface area contributed by atoms with Gasteiger partial charge in [-0.15, -0.1) is 0 Å². The molecule has 2 aromatic heterocycles. The highest BCUT2D eigenvalue weighted by molar-refractivity contribution is 7.92. The minimum absolute atomic E-state index is 0. The Balaban J connectivity index is 0.00000361. The first kappa shape index (κ1) is 26.7. The van der Waals surface area contributed by atoms with E-state index < -0.39 is 27.6 Å². The van der Waals surface area contributed by atoms with E-state index in [0.29, 0.717) is 23.1 Å². The lowest BCUT2D eigenvalue weighted by Gasteiger charge is -2.16. The van der Waals surface area contributed by atoms with Crippen LogP contribution in [0.4, 0.5) is 42.1 Å². The molecule has 0 unspecified atom stereocenters. The highest BCUT2D eigenvalue weighted by Crippen LogP contribution is 2.35. The average molecular weight is 524 g/mol. The summed E-state index contributed by atoms with van der Waals surface area (Å²) in [5.41, 5.74) is 1.13. The average Bonchev–Trinajstić information content (AvgIpc) is 3.17. The first-order valence-corrected chi connectivity index (χ1v) is 12.0. The molecule has 36 heavy (non-hydrogen) atoms. The van der Waals surface area contributed by atoms with Crippen LogP contribution in [0.5, 0.6) is 0 Å². The van der Waals surface area contributed by atoms with Gasteiger partial charge in [-0.1, -0.05) is 13.5 Å². The third-order valence-corrected chi connectivity index (χ3v) is 6.31. The highest BCUT2D eigenvalue weighted by atomic mass is 32.2. The Hall–Kier alpha value is -3.94. The number of pyridine rings is 1. The summed E-state index contributed by atoms with van der Waals surface area (Å²) in [6.45, 7) is 1.26. The number of hydrogen-bond acceptors (Lipinski definition) is 8. The van der Waals surface area contributed by atoms with E-state index in [2.05, 4.69) is 35.6 Å². The van der Waals surface area contributed by atoms with E-state index in [1.807, 2.05) is 0 Å². The number of rotatable bonds is 8. The fourth-order valence-corrected chi connectivity index (χ4v) is 3.91. The minimum atomic E-state index is -4.73. The van der Waals surface area contributed by atoms with Gasteiger partial charge in [0.25, 0.3) is 0 Å². The van der Waals surface area contributed by atoms with Gasteiger partial charge in [-0.2, -0.15) is 18.2 Å². The van der Waals surface area contributed by atoms with Crippen molar-refractivity contribution in [1.29, 1.82) is 0 Å². The van der Waals surface area contributed by atoms with Crippen LogP contribution >= 0.6 is 0 Å². The molecule has 0 fully saturated rings. The number of alkyl halides is 3. The van der Waals surface area contributed by atoms with Crippen LogP contribution in [0.15, 0.2) is 42.7 Å². The summed E-state index contributed by atoms with van der Waals surface area (Å²) in [4.78, 5) is 23.3. The minimum Gasteiger partial charge on any atom is -0.365 e. The van der Waals surface area contributed by atoms with Crippen molar-refractivity contribution in [1.82, 2.24) is 15.0 Å². The van der Waals surface area contributed by atoms with Crippen molar-refractivity contribution in [2.24, 2.45) is 0 Å². The molecule has 1 amide bonds. The standard InChI is InChI=1S/C21H20F3N7O3S.CH4/c1-2-35(33,34)31-18-12(4-3-7-25-18)10-26-19-15(21(22,23)24)11-27-20(30-19)28-14-5-6-16-13(8-14)9-17(32)29-16;/h3-8,11H,2,9-10H2,1H3,(H,25,31)(H,29,32)(H2,26,27,28,30);1H4. The monoisotopic (exact) mass is 523 g/mol. The van der Waals surface area contributed by atoms with Crippen molar-refractivity contribution in [2.45, 2.75) is 33.5 Å². The second-order valence-electron chi connectivity index (χ2n) is 7.55. The van der Waals surface area contributed by atoms with Crippen molar-refractivity contribution in [3.8, 4) is 0 Å². The normalized spacial score (nSPS) is 12.8. The van der Waals surface area contributed by atoms with Gasteiger partial charge < -0.3 is 16.0 Å². The number of amides is 1. The Labute approximate surface area is 205 Å². The molecule has 10 nitrogen and oxygen atoms in total. The first-order valence-electron chi connectivity index (χ1n) is 10.4. The maximum absolute atomic E-state index is 13.6. The Morgan fingerprint density at radius 2 is 1.92 bits per heavy atom. The van der Waals surface area contributed by atoms with Crippen molar-refractivity contribution in [2.75, 3.05) is 26.4 Å². The fourth-order valence-electron chi connectivity index (χ4n) is 3.29. The van der Waals surface area contributed by atoms with E-state index in [1.165, 1.54) is 25.3 Å². The van der Waals surface area contributed by atoms with E-state index >= 15 is 0 Å². The lowest BCUT2D eigenvalue weighted by molar-refractivity contribution is -0.137. The summed E-state index contributed by atoms with van der Waals surface area (Å²) in [6, 6.07) is 8.06. The van der Waals surface area contributed by atoms with Gasteiger partial charge in [0, 0.05) is 35.9 Å². The summed E-state index contributed by atoms with van der Waals surface area (Å²) < 4.78 is 66.9. The summed E-state index contributed by atoms with van der Waals surface area (Å²) in [5.74, 6) is -0.936. The van der Waals surface area contributed by atoms with Crippen LogP contribution in [0.2, 0.25) is 0 Å². The number of anilines is 5.